The molecule has 5 rings (SSSR count). The zero-order chi connectivity index (χ0) is 23.4. The third-order valence-electron chi connectivity index (χ3n) is 6.54. The van der Waals surface area contributed by atoms with Crippen LogP contribution in [0.5, 0.6) is 0 Å². The molecule has 0 saturated carbocycles. The molecular weight excluding hydrogens is 444 g/mol. The Morgan fingerprint density at radius 2 is 1.59 bits per heavy atom. The summed E-state index contributed by atoms with van der Waals surface area (Å²) in [7, 11) is -3.57. The summed E-state index contributed by atoms with van der Waals surface area (Å²) >= 11 is 0. The van der Waals surface area contributed by atoms with Gasteiger partial charge in [0.1, 0.15) is 0 Å². The zero-order valence-corrected chi connectivity index (χ0v) is 19.9. The molecule has 3 aromatic carbocycles. The van der Waals surface area contributed by atoms with Crippen molar-refractivity contribution in [3.63, 3.8) is 0 Å². The third kappa shape index (κ3) is 5.11. The minimum atomic E-state index is -3.57. The Morgan fingerprint density at radius 1 is 0.882 bits per heavy atom. The fourth-order valence-corrected chi connectivity index (χ4v) is 5.72. The lowest BCUT2D eigenvalue weighted by Gasteiger charge is -2.34. The molecule has 0 aliphatic carbocycles. The maximum absolute atomic E-state index is 12.5. The van der Waals surface area contributed by atoms with Gasteiger partial charge in [-0.1, -0.05) is 36.4 Å². The van der Waals surface area contributed by atoms with Crippen molar-refractivity contribution in [1.29, 1.82) is 0 Å². The van der Waals surface area contributed by atoms with Crippen LogP contribution in [0.25, 0.3) is 10.9 Å². The number of rotatable bonds is 8. The number of nitrogens with zero attached hydrogens (tertiary/aromatic N) is 1. The average Bonchev–Trinajstić information content (AvgIpc) is 3.28. The van der Waals surface area contributed by atoms with Gasteiger partial charge in [-0.3, -0.25) is 4.72 Å². The second-order valence-electron chi connectivity index (χ2n) is 8.79. The summed E-state index contributed by atoms with van der Waals surface area (Å²) in [6, 6.07) is 25.1. The molecule has 1 aliphatic rings. The monoisotopic (exact) mass is 474 g/mol. The second-order valence-corrected chi connectivity index (χ2v) is 10.5. The number of sulfonamides is 1. The molecular formula is C27H30N4O2S. The minimum Gasteiger partial charge on any atom is -0.371 e. The van der Waals surface area contributed by atoms with Crippen molar-refractivity contribution in [2.75, 3.05) is 29.3 Å². The summed E-state index contributed by atoms with van der Waals surface area (Å²) in [5.41, 5.74) is 4.26. The fourth-order valence-electron chi connectivity index (χ4n) is 4.65. The molecule has 0 amide bonds. The highest BCUT2D eigenvalue weighted by Gasteiger charge is 2.19. The molecule has 1 fully saturated rings. The van der Waals surface area contributed by atoms with Gasteiger partial charge in [0.2, 0.25) is 0 Å². The van der Waals surface area contributed by atoms with E-state index in [-0.39, 0.29) is 4.90 Å². The van der Waals surface area contributed by atoms with Crippen LogP contribution in [-0.2, 0) is 16.4 Å². The number of H-pyrrole nitrogens is 1. The average molecular weight is 475 g/mol. The highest BCUT2D eigenvalue weighted by Crippen LogP contribution is 2.24. The van der Waals surface area contributed by atoms with E-state index in [9.17, 15) is 8.42 Å². The van der Waals surface area contributed by atoms with Gasteiger partial charge in [-0.15, -0.1) is 0 Å². The van der Waals surface area contributed by atoms with Crippen molar-refractivity contribution in [1.82, 2.24) is 10.3 Å². The molecule has 7 heteroatoms. The molecule has 0 bridgehead atoms. The summed E-state index contributed by atoms with van der Waals surface area (Å²) in [6.07, 6.45) is 5.33. The van der Waals surface area contributed by atoms with Gasteiger partial charge in [-0.2, -0.15) is 0 Å². The maximum atomic E-state index is 12.5. The van der Waals surface area contributed by atoms with E-state index >= 15 is 0 Å². The number of fused-ring (bicyclic) bond motifs is 1. The predicted octanol–water partition coefficient (Wildman–Crippen LogP) is 4.77. The summed E-state index contributed by atoms with van der Waals surface area (Å²) in [5.74, 6) is 0. The van der Waals surface area contributed by atoms with Crippen LogP contribution in [0.3, 0.4) is 0 Å². The maximum Gasteiger partial charge on any atom is 0.261 e. The number of nitrogens with one attached hydrogen (secondary N) is 3. The largest absolute Gasteiger partial charge is 0.371 e. The first-order chi connectivity index (χ1) is 16.6. The van der Waals surface area contributed by atoms with Crippen LogP contribution in [0.2, 0.25) is 0 Å². The van der Waals surface area contributed by atoms with Crippen molar-refractivity contribution in [2.45, 2.75) is 30.2 Å². The number of piperidine rings is 1. The molecule has 6 nitrogen and oxygen atoms in total. The molecule has 0 atom stereocenters. The molecule has 0 unspecified atom stereocenters. The second kappa shape index (κ2) is 9.91. The topological polar surface area (TPSA) is 77.2 Å². The van der Waals surface area contributed by atoms with Gasteiger partial charge in [0.05, 0.1) is 4.90 Å². The quantitative estimate of drug-likeness (QED) is 0.344. The first-order valence-electron chi connectivity index (χ1n) is 11.8. The standard InChI is InChI=1S/C27H30N4O2S/c32-34(33,25-6-2-1-3-7-25)30-23-10-12-24(13-11-23)31-18-15-22(16-19-31)28-17-14-21-20-29-27-9-5-4-8-26(21)27/h1-13,20,22,28-30H,14-19H2. The van der Waals surface area contributed by atoms with Crippen LogP contribution in [0.1, 0.15) is 18.4 Å². The molecule has 1 aliphatic heterocycles. The Hall–Kier alpha value is -3.29. The number of hydrogen-bond acceptors (Lipinski definition) is 4. The Morgan fingerprint density at radius 3 is 2.35 bits per heavy atom. The van der Waals surface area contributed by atoms with E-state index in [0.717, 1.165) is 44.6 Å². The molecule has 3 N–H and O–H groups in total. The SMILES string of the molecule is O=S(=O)(Nc1ccc(N2CCC(NCCc3c[nH]c4ccccc34)CC2)cc1)c1ccccc1. The molecule has 1 saturated heterocycles. The van der Waals surface area contributed by atoms with Crippen LogP contribution >= 0.6 is 0 Å². The van der Waals surface area contributed by atoms with Gasteiger partial charge in [-0.05, 0) is 73.8 Å². The Balaban J connectivity index is 1.10. The molecule has 2 heterocycles. The predicted molar refractivity (Wildman–Crippen MR) is 139 cm³/mol. The van der Waals surface area contributed by atoms with Crippen LogP contribution in [-0.4, -0.2) is 39.1 Å². The summed E-state index contributed by atoms with van der Waals surface area (Å²) in [6.45, 7) is 2.95. The number of anilines is 2. The summed E-state index contributed by atoms with van der Waals surface area (Å²) < 4.78 is 27.7. The van der Waals surface area contributed by atoms with Gasteiger partial charge in [0.25, 0.3) is 10.0 Å². The highest BCUT2D eigenvalue weighted by atomic mass is 32.2. The van der Waals surface area contributed by atoms with Gasteiger partial charge in [0, 0.05) is 47.6 Å². The van der Waals surface area contributed by atoms with Gasteiger partial charge in [-0.25, -0.2) is 8.42 Å². The van der Waals surface area contributed by atoms with E-state index in [1.54, 1.807) is 30.3 Å². The van der Waals surface area contributed by atoms with Gasteiger partial charge in [0.15, 0.2) is 0 Å². The van der Waals surface area contributed by atoms with Gasteiger partial charge < -0.3 is 15.2 Å². The Labute approximate surface area is 201 Å². The summed E-state index contributed by atoms with van der Waals surface area (Å²) in [5, 5.41) is 5.04. The van der Waals surface area contributed by atoms with Gasteiger partial charge >= 0.3 is 0 Å². The van der Waals surface area contributed by atoms with E-state index in [4.69, 9.17) is 0 Å². The first kappa shape index (κ1) is 22.5. The van der Waals surface area contributed by atoms with E-state index in [1.807, 2.05) is 24.3 Å². The van der Waals surface area contributed by atoms with Crippen molar-refractivity contribution in [3.8, 4) is 0 Å². The van der Waals surface area contributed by atoms with E-state index in [2.05, 4.69) is 50.4 Å². The van der Waals surface area contributed by atoms with E-state index in [1.165, 1.54) is 16.5 Å². The Kier molecular flexibility index (Phi) is 6.56. The number of para-hydroxylation sites is 1. The summed E-state index contributed by atoms with van der Waals surface area (Å²) in [4.78, 5) is 5.98. The molecule has 34 heavy (non-hydrogen) atoms. The highest BCUT2D eigenvalue weighted by molar-refractivity contribution is 7.92. The van der Waals surface area contributed by atoms with Crippen molar-refractivity contribution in [2.24, 2.45) is 0 Å². The van der Waals surface area contributed by atoms with E-state index < -0.39 is 10.0 Å². The van der Waals surface area contributed by atoms with Crippen LogP contribution < -0.4 is 14.9 Å². The zero-order valence-electron chi connectivity index (χ0n) is 19.1. The molecule has 0 spiro atoms. The van der Waals surface area contributed by atoms with E-state index in [0.29, 0.717) is 11.7 Å². The minimum absolute atomic E-state index is 0.262. The van der Waals surface area contributed by atoms with Crippen LogP contribution in [0.15, 0.2) is 90.0 Å². The third-order valence-corrected chi connectivity index (χ3v) is 7.93. The smallest absolute Gasteiger partial charge is 0.261 e. The molecule has 0 radical (unpaired) electrons. The van der Waals surface area contributed by atoms with Crippen molar-refractivity contribution in [3.05, 3.63) is 90.6 Å². The lowest BCUT2D eigenvalue weighted by molar-refractivity contribution is 0.418. The van der Waals surface area contributed by atoms with Crippen LogP contribution in [0.4, 0.5) is 11.4 Å². The molecule has 1 aromatic heterocycles. The Bertz CT molecular complexity index is 1330. The number of aromatic amines is 1. The van der Waals surface area contributed by atoms with Crippen molar-refractivity contribution >= 4 is 32.3 Å². The lowest BCUT2D eigenvalue weighted by Crippen LogP contribution is -2.43. The molecule has 4 aromatic rings. The lowest BCUT2D eigenvalue weighted by atomic mass is 10.0. The number of aromatic nitrogens is 1. The number of hydrogen-bond donors (Lipinski definition) is 3. The molecule has 176 valence electrons. The van der Waals surface area contributed by atoms with Crippen molar-refractivity contribution < 1.29 is 8.42 Å². The number of benzene rings is 3. The fraction of sp³-hybridized carbons (Fsp3) is 0.259. The van der Waals surface area contributed by atoms with Crippen LogP contribution in [0, 0.1) is 0 Å². The normalized spacial score (nSPS) is 15.0. The first-order valence-corrected chi connectivity index (χ1v) is 13.3.